The molecule has 2 aromatic rings. The molecule has 39 heavy (non-hydrogen) atoms. The van der Waals surface area contributed by atoms with Gasteiger partial charge in [0, 0.05) is 35.0 Å². The monoisotopic (exact) mass is 538 g/mol. The Morgan fingerprint density at radius 1 is 1.13 bits per heavy atom. The zero-order valence-corrected chi connectivity index (χ0v) is 23.2. The topological polar surface area (TPSA) is 128 Å². The fourth-order valence-electron chi connectivity index (χ4n) is 3.50. The summed E-state index contributed by atoms with van der Waals surface area (Å²) in [6.07, 6.45) is 7.24. The van der Waals surface area contributed by atoms with Gasteiger partial charge in [-0.2, -0.15) is 0 Å². The summed E-state index contributed by atoms with van der Waals surface area (Å²) in [6.45, 7) is 11.1. The van der Waals surface area contributed by atoms with Gasteiger partial charge in [-0.1, -0.05) is 18.2 Å². The van der Waals surface area contributed by atoms with E-state index in [1.165, 1.54) is 7.11 Å². The van der Waals surface area contributed by atoms with Gasteiger partial charge in [-0.25, -0.2) is 14.4 Å². The van der Waals surface area contributed by atoms with E-state index in [0.717, 1.165) is 16.8 Å². The molecule has 0 unspecified atom stereocenters. The first-order valence-electron chi connectivity index (χ1n) is 12.7. The van der Waals surface area contributed by atoms with Gasteiger partial charge in [-0.3, -0.25) is 15.6 Å². The number of rotatable bonds is 12. The lowest BCUT2D eigenvalue weighted by molar-refractivity contribution is -0.143. The number of esters is 1. The van der Waals surface area contributed by atoms with Crippen LogP contribution in [0.2, 0.25) is 0 Å². The van der Waals surface area contributed by atoms with Crippen molar-refractivity contribution in [2.75, 3.05) is 24.4 Å². The third-order valence-electron chi connectivity index (χ3n) is 5.17. The SMILES string of the molecule is C=CC[C@H](Nc1cc(NC(=O)OC)ccc1-c1ccnc(CCC=CNC(=O)OC(C)(C)C)c1)C(=O)OCC. The number of carbonyl (C=O) groups is 3. The number of alkyl carbamates (subject to hydrolysis) is 1. The normalized spacial score (nSPS) is 11.8. The molecule has 1 heterocycles. The van der Waals surface area contributed by atoms with Crippen molar-refractivity contribution in [3.05, 3.63) is 67.2 Å². The molecule has 0 spiro atoms. The van der Waals surface area contributed by atoms with Gasteiger partial charge < -0.3 is 19.5 Å². The van der Waals surface area contributed by atoms with Crippen LogP contribution in [0.25, 0.3) is 11.1 Å². The predicted molar refractivity (Wildman–Crippen MR) is 151 cm³/mol. The lowest BCUT2D eigenvalue weighted by Crippen LogP contribution is -2.31. The number of benzene rings is 1. The number of ether oxygens (including phenoxy) is 3. The Hall–Kier alpha value is -4.34. The van der Waals surface area contributed by atoms with Crippen molar-refractivity contribution in [2.45, 2.75) is 58.6 Å². The van der Waals surface area contributed by atoms with Gasteiger partial charge in [0.15, 0.2) is 0 Å². The molecular weight excluding hydrogens is 500 g/mol. The molecule has 0 saturated carbocycles. The Morgan fingerprint density at radius 2 is 1.90 bits per heavy atom. The summed E-state index contributed by atoms with van der Waals surface area (Å²) in [6, 6.07) is 8.47. The van der Waals surface area contributed by atoms with Crippen molar-refractivity contribution >= 4 is 29.5 Å². The first-order chi connectivity index (χ1) is 18.6. The highest BCUT2D eigenvalue weighted by atomic mass is 16.6. The summed E-state index contributed by atoms with van der Waals surface area (Å²) >= 11 is 0. The van der Waals surface area contributed by atoms with E-state index in [1.54, 1.807) is 58.3 Å². The molecule has 0 radical (unpaired) electrons. The molecule has 0 fully saturated rings. The van der Waals surface area contributed by atoms with Crippen LogP contribution in [0.4, 0.5) is 21.0 Å². The Bertz CT molecular complexity index is 1170. The molecule has 10 heteroatoms. The Balaban J connectivity index is 2.25. The number of carbonyl (C=O) groups excluding carboxylic acids is 3. The zero-order chi connectivity index (χ0) is 28.8. The number of hydrogen-bond acceptors (Lipinski definition) is 8. The highest BCUT2D eigenvalue weighted by Crippen LogP contribution is 2.32. The van der Waals surface area contributed by atoms with Gasteiger partial charge in [0.2, 0.25) is 0 Å². The maximum absolute atomic E-state index is 12.6. The Labute approximate surface area is 229 Å². The van der Waals surface area contributed by atoms with Crippen LogP contribution >= 0.6 is 0 Å². The van der Waals surface area contributed by atoms with Crippen LogP contribution in [-0.2, 0) is 25.4 Å². The average Bonchev–Trinajstić information content (AvgIpc) is 2.87. The Morgan fingerprint density at radius 3 is 2.56 bits per heavy atom. The smallest absolute Gasteiger partial charge is 0.411 e. The first kappa shape index (κ1) is 30.9. The number of aryl methyl sites for hydroxylation is 1. The molecule has 2 rings (SSSR count). The fourth-order valence-corrected chi connectivity index (χ4v) is 3.50. The third kappa shape index (κ3) is 10.9. The van der Waals surface area contributed by atoms with Gasteiger partial charge >= 0.3 is 18.2 Å². The minimum Gasteiger partial charge on any atom is -0.464 e. The standard InChI is InChI=1S/C29H38N4O6/c1-7-11-24(26(34)38-8-2)33-25-19-22(32-28(36)37-6)13-14-23(25)20-15-17-30-21(18-20)12-9-10-16-31-27(35)39-29(3,4)5/h7,10,13-19,24,33H,1,8-9,11-12H2,2-6H3,(H,31,35)(H,32,36)/t24-/m0/s1. The van der Waals surface area contributed by atoms with Gasteiger partial charge in [-0.05, 0) is 76.8 Å². The molecule has 0 aliphatic heterocycles. The van der Waals surface area contributed by atoms with Gasteiger partial charge in [0.05, 0.1) is 13.7 Å². The van der Waals surface area contributed by atoms with Crippen molar-refractivity contribution in [2.24, 2.45) is 0 Å². The van der Waals surface area contributed by atoms with Crippen LogP contribution in [-0.4, -0.2) is 48.5 Å². The van der Waals surface area contributed by atoms with Crippen molar-refractivity contribution < 1.29 is 28.6 Å². The van der Waals surface area contributed by atoms with Gasteiger partial charge in [-0.15, -0.1) is 6.58 Å². The van der Waals surface area contributed by atoms with Crippen molar-refractivity contribution in [3.63, 3.8) is 0 Å². The second kappa shape index (κ2) is 15.2. The van der Waals surface area contributed by atoms with Crippen molar-refractivity contribution in [3.8, 4) is 11.1 Å². The molecule has 1 atom stereocenters. The summed E-state index contributed by atoms with van der Waals surface area (Å²) in [5, 5.41) is 8.48. The number of nitrogens with zero attached hydrogens (tertiary/aromatic N) is 1. The molecule has 0 bridgehead atoms. The van der Waals surface area contributed by atoms with E-state index in [2.05, 4.69) is 27.5 Å². The molecule has 0 aliphatic carbocycles. The molecule has 210 valence electrons. The number of hydrogen-bond donors (Lipinski definition) is 3. The Kier molecular flexibility index (Phi) is 12.0. The quantitative estimate of drug-likeness (QED) is 0.175. The van der Waals surface area contributed by atoms with E-state index < -0.39 is 29.8 Å². The van der Waals surface area contributed by atoms with Crippen LogP contribution in [0.1, 0.15) is 46.2 Å². The number of nitrogens with one attached hydrogen (secondary N) is 3. The van der Waals surface area contributed by atoms with Crippen LogP contribution in [0.5, 0.6) is 0 Å². The van der Waals surface area contributed by atoms with E-state index in [9.17, 15) is 14.4 Å². The number of amides is 2. The summed E-state index contributed by atoms with van der Waals surface area (Å²) in [5.41, 5.74) is 3.04. The summed E-state index contributed by atoms with van der Waals surface area (Å²) in [5.74, 6) is -0.406. The van der Waals surface area contributed by atoms with E-state index in [1.807, 2.05) is 24.3 Å². The minimum absolute atomic E-state index is 0.250. The molecule has 0 saturated heterocycles. The van der Waals surface area contributed by atoms with Crippen LogP contribution < -0.4 is 16.0 Å². The molecule has 1 aromatic heterocycles. The van der Waals surface area contributed by atoms with Crippen LogP contribution in [0.15, 0.2) is 61.5 Å². The minimum atomic E-state index is -0.668. The molecule has 3 N–H and O–H groups in total. The maximum Gasteiger partial charge on any atom is 0.411 e. The van der Waals surface area contributed by atoms with E-state index >= 15 is 0 Å². The van der Waals surface area contributed by atoms with E-state index in [-0.39, 0.29) is 6.61 Å². The largest absolute Gasteiger partial charge is 0.464 e. The molecule has 1 aromatic carbocycles. The molecular formula is C29H38N4O6. The number of allylic oxidation sites excluding steroid dienone is 1. The molecule has 10 nitrogen and oxygen atoms in total. The van der Waals surface area contributed by atoms with Gasteiger partial charge in [0.25, 0.3) is 0 Å². The highest BCUT2D eigenvalue weighted by molar-refractivity contribution is 5.90. The zero-order valence-electron chi connectivity index (χ0n) is 23.2. The second-order valence-corrected chi connectivity index (χ2v) is 9.47. The molecule has 0 aliphatic rings. The number of anilines is 2. The summed E-state index contributed by atoms with van der Waals surface area (Å²) in [7, 11) is 1.28. The summed E-state index contributed by atoms with van der Waals surface area (Å²) in [4.78, 5) is 40.5. The lowest BCUT2D eigenvalue weighted by Gasteiger charge is -2.20. The maximum atomic E-state index is 12.6. The predicted octanol–water partition coefficient (Wildman–Crippen LogP) is 5.82. The van der Waals surface area contributed by atoms with Crippen LogP contribution in [0.3, 0.4) is 0 Å². The lowest BCUT2D eigenvalue weighted by atomic mass is 10.0. The van der Waals surface area contributed by atoms with E-state index in [4.69, 9.17) is 14.2 Å². The fraction of sp³-hybridized carbons (Fsp3) is 0.379. The van der Waals surface area contributed by atoms with E-state index in [0.29, 0.717) is 30.6 Å². The number of methoxy groups -OCH3 is 1. The number of pyridine rings is 1. The third-order valence-corrected chi connectivity index (χ3v) is 5.17. The van der Waals surface area contributed by atoms with Crippen LogP contribution in [0, 0.1) is 0 Å². The van der Waals surface area contributed by atoms with Crippen molar-refractivity contribution in [1.29, 1.82) is 0 Å². The van der Waals surface area contributed by atoms with Crippen molar-refractivity contribution in [1.82, 2.24) is 10.3 Å². The first-order valence-corrected chi connectivity index (χ1v) is 12.7. The highest BCUT2D eigenvalue weighted by Gasteiger charge is 2.20. The average molecular weight is 539 g/mol. The second-order valence-electron chi connectivity index (χ2n) is 9.47. The molecule has 2 amide bonds. The van der Waals surface area contributed by atoms with Gasteiger partial charge in [0.1, 0.15) is 11.6 Å². The summed E-state index contributed by atoms with van der Waals surface area (Å²) < 4.78 is 15.1. The number of aromatic nitrogens is 1.